The van der Waals surface area contributed by atoms with Crippen molar-refractivity contribution in [1.29, 1.82) is 0 Å². The molecule has 98 valence electrons. The second-order valence-electron chi connectivity index (χ2n) is 5.66. The maximum absolute atomic E-state index is 12.3. The van der Waals surface area contributed by atoms with Crippen molar-refractivity contribution in [3.63, 3.8) is 0 Å². The minimum atomic E-state index is -0.919. The summed E-state index contributed by atoms with van der Waals surface area (Å²) in [6.45, 7) is 1.87. The molecule has 4 rings (SSSR count). The molecule has 0 aliphatic carbocycles. The van der Waals surface area contributed by atoms with Crippen molar-refractivity contribution in [3.8, 4) is 0 Å². The van der Waals surface area contributed by atoms with Gasteiger partial charge in [-0.3, -0.25) is 9.69 Å². The fourth-order valence-corrected chi connectivity index (χ4v) is 5.27. The van der Waals surface area contributed by atoms with Gasteiger partial charge in [0.15, 0.2) is 0 Å². The van der Waals surface area contributed by atoms with Crippen LogP contribution in [0.25, 0.3) is 0 Å². The van der Waals surface area contributed by atoms with Gasteiger partial charge in [0.05, 0.1) is 11.3 Å². The molecule has 1 fully saturated rings. The highest BCUT2D eigenvalue weighted by Crippen LogP contribution is 2.61. The second-order valence-corrected chi connectivity index (χ2v) is 6.88. The van der Waals surface area contributed by atoms with E-state index in [0.717, 1.165) is 17.7 Å². The molecule has 3 heterocycles. The summed E-state index contributed by atoms with van der Waals surface area (Å²) in [5.41, 5.74) is 0.818. The molecule has 1 aromatic carbocycles. The number of hydrogen-bond donors (Lipinski definition) is 1. The zero-order chi connectivity index (χ0) is 13.3. The van der Waals surface area contributed by atoms with Crippen molar-refractivity contribution in [2.45, 2.75) is 30.2 Å². The molecule has 3 aliphatic heterocycles. The van der Waals surface area contributed by atoms with Crippen LogP contribution in [0, 0.1) is 5.92 Å². The highest BCUT2D eigenvalue weighted by atomic mass is 32.2. The number of amides is 1. The molecule has 0 bridgehead atoms. The van der Waals surface area contributed by atoms with E-state index in [4.69, 9.17) is 0 Å². The maximum Gasteiger partial charge on any atom is 0.228 e. The number of para-hydroxylation sites is 1. The lowest BCUT2D eigenvalue weighted by molar-refractivity contribution is -0.117. The molecule has 0 radical (unpaired) electrons. The van der Waals surface area contributed by atoms with Crippen LogP contribution >= 0.6 is 11.8 Å². The molecule has 1 amide bonds. The van der Waals surface area contributed by atoms with E-state index in [1.807, 2.05) is 41.5 Å². The molecular weight excluding hydrogens is 258 g/mol. The first-order valence-electron chi connectivity index (χ1n) is 6.57. The summed E-state index contributed by atoms with van der Waals surface area (Å²) in [7, 11) is 0. The molecule has 1 N–H and O–H groups in total. The summed E-state index contributed by atoms with van der Waals surface area (Å²) >= 11 is 1.68. The van der Waals surface area contributed by atoms with Crippen molar-refractivity contribution in [1.82, 2.24) is 0 Å². The highest BCUT2D eigenvalue weighted by Gasteiger charge is 2.62. The number of carbonyl (C=O) groups is 1. The van der Waals surface area contributed by atoms with E-state index < -0.39 is 5.60 Å². The van der Waals surface area contributed by atoms with E-state index in [0.29, 0.717) is 6.42 Å². The topological polar surface area (TPSA) is 40.5 Å². The fourth-order valence-electron chi connectivity index (χ4n) is 3.82. The van der Waals surface area contributed by atoms with Crippen molar-refractivity contribution in [2.24, 2.45) is 5.92 Å². The highest BCUT2D eigenvalue weighted by molar-refractivity contribution is 8.03. The summed E-state index contributed by atoms with van der Waals surface area (Å²) in [5, 5.41) is 13.1. The Morgan fingerprint density at radius 3 is 3.05 bits per heavy atom. The van der Waals surface area contributed by atoms with Gasteiger partial charge in [-0.1, -0.05) is 24.3 Å². The summed E-state index contributed by atoms with van der Waals surface area (Å²) in [5.74, 6) is 0.135. The Morgan fingerprint density at radius 2 is 2.21 bits per heavy atom. The van der Waals surface area contributed by atoms with Crippen LogP contribution < -0.4 is 4.90 Å². The summed E-state index contributed by atoms with van der Waals surface area (Å²) in [6, 6.07) is 7.74. The number of aliphatic hydroxyl groups is 1. The van der Waals surface area contributed by atoms with E-state index in [2.05, 4.69) is 6.08 Å². The SMILES string of the molecule is C[C@@]1(O)c2ccccc2N2C(=O)CC[C@@]23SC=CC31. The zero-order valence-corrected chi connectivity index (χ0v) is 11.5. The van der Waals surface area contributed by atoms with Gasteiger partial charge in [0, 0.05) is 17.9 Å². The molecule has 0 aromatic heterocycles. The number of fused-ring (bicyclic) bond motifs is 2. The Balaban J connectivity index is 2.03. The number of hydrogen-bond acceptors (Lipinski definition) is 3. The van der Waals surface area contributed by atoms with Crippen molar-refractivity contribution in [3.05, 3.63) is 41.3 Å². The molecule has 19 heavy (non-hydrogen) atoms. The average molecular weight is 273 g/mol. The predicted octanol–water partition coefficient (Wildman–Crippen LogP) is 2.61. The van der Waals surface area contributed by atoms with Crippen molar-refractivity contribution < 1.29 is 9.90 Å². The first-order chi connectivity index (χ1) is 9.07. The zero-order valence-electron chi connectivity index (χ0n) is 10.7. The number of thioether (sulfide) groups is 1. The Hall–Kier alpha value is -1.26. The fraction of sp³-hybridized carbons (Fsp3) is 0.400. The summed E-state index contributed by atoms with van der Waals surface area (Å²) < 4.78 is 0. The molecule has 0 saturated carbocycles. The van der Waals surface area contributed by atoms with E-state index in [1.165, 1.54) is 0 Å². The second kappa shape index (κ2) is 3.44. The van der Waals surface area contributed by atoms with Crippen LogP contribution in [0.1, 0.15) is 25.3 Å². The van der Waals surface area contributed by atoms with E-state index in [1.54, 1.807) is 11.8 Å². The van der Waals surface area contributed by atoms with Gasteiger partial charge in [0.2, 0.25) is 5.91 Å². The molecule has 1 spiro atoms. The number of anilines is 1. The normalized spacial score (nSPS) is 39.2. The largest absolute Gasteiger partial charge is 0.385 e. The third-order valence-corrected chi connectivity index (χ3v) is 5.99. The lowest BCUT2D eigenvalue weighted by atomic mass is 9.73. The van der Waals surface area contributed by atoms with Crippen molar-refractivity contribution in [2.75, 3.05) is 4.90 Å². The van der Waals surface area contributed by atoms with Crippen LogP contribution in [0.3, 0.4) is 0 Å². The summed E-state index contributed by atoms with van der Waals surface area (Å²) in [6.07, 6.45) is 3.43. The number of carbonyl (C=O) groups excluding carboxylic acids is 1. The third-order valence-electron chi connectivity index (χ3n) is 4.65. The molecule has 3 atom stereocenters. The molecule has 4 heteroatoms. The van der Waals surface area contributed by atoms with Crippen molar-refractivity contribution >= 4 is 23.4 Å². The molecule has 3 aliphatic rings. The summed E-state index contributed by atoms with van der Waals surface area (Å²) in [4.78, 5) is 13.9. The van der Waals surface area contributed by atoms with Gasteiger partial charge < -0.3 is 5.11 Å². The van der Waals surface area contributed by atoms with E-state index >= 15 is 0 Å². The number of nitrogens with zero attached hydrogens (tertiary/aromatic N) is 1. The third kappa shape index (κ3) is 1.21. The quantitative estimate of drug-likeness (QED) is 0.790. The van der Waals surface area contributed by atoms with Gasteiger partial charge in [0.25, 0.3) is 0 Å². The van der Waals surface area contributed by atoms with Crippen LogP contribution in [-0.2, 0) is 10.4 Å². The molecule has 1 aromatic rings. The maximum atomic E-state index is 12.3. The van der Waals surface area contributed by atoms with Crippen LogP contribution in [0.2, 0.25) is 0 Å². The lowest BCUT2D eigenvalue weighted by Crippen LogP contribution is -2.57. The Morgan fingerprint density at radius 1 is 1.42 bits per heavy atom. The number of benzene rings is 1. The van der Waals surface area contributed by atoms with E-state index in [-0.39, 0.29) is 16.7 Å². The number of rotatable bonds is 0. The smallest absolute Gasteiger partial charge is 0.228 e. The Labute approximate surface area is 116 Å². The average Bonchev–Trinajstić information content (AvgIpc) is 2.96. The minimum Gasteiger partial charge on any atom is -0.385 e. The molecule has 3 nitrogen and oxygen atoms in total. The minimum absolute atomic E-state index is 0.0358. The van der Waals surface area contributed by atoms with Gasteiger partial charge in [-0.05, 0) is 24.8 Å². The van der Waals surface area contributed by atoms with Gasteiger partial charge in [-0.2, -0.15) is 0 Å². The standard InChI is InChI=1S/C15H15NO2S/c1-14(18)10-4-2-3-5-11(10)16-13(17)6-8-15(16)12(14)7-9-19-15/h2-5,7,9,12,18H,6,8H2,1H3/t12?,14-,15+/m1/s1. The van der Waals surface area contributed by atoms with Gasteiger partial charge in [-0.25, -0.2) is 0 Å². The Bertz CT molecular complexity index is 610. The molecule has 1 unspecified atom stereocenters. The van der Waals surface area contributed by atoms with Crippen LogP contribution in [0.5, 0.6) is 0 Å². The van der Waals surface area contributed by atoms with Gasteiger partial charge in [-0.15, -0.1) is 11.8 Å². The van der Waals surface area contributed by atoms with E-state index in [9.17, 15) is 9.90 Å². The van der Waals surface area contributed by atoms with Gasteiger partial charge >= 0.3 is 0 Å². The molecule has 1 saturated heterocycles. The van der Waals surface area contributed by atoms with Crippen LogP contribution in [0.4, 0.5) is 5.69 Å². The molecular formula is C15H15NO2S. The van der Waals surface area contributed by atoms with Gasteiger partial charge in [0.1, 0.15) is 4.87 Å². The first kappa shape index (κ1) is 11.6. The van der Waals surface area contributed by atoms with Crippen LogP contribution in [0.15, 0.2) is 35.7 Å². The lowest BCUT2D eigenvalue weighted by Gasteiger charge is -2.50. The predicted molar refractivity (Wildman–Crippen MR) is 75.7 cm³/mol. The monoisotopic (exact) mass is 273 g/mol. The van der Waals surface area contributed by atoms with Crippen LogP contribution in [-0.4, -0.2) is 15.9 Å². The Kier molecular flexibility index (Phi) is 2.09. The first-order valence-corrected chi connectivity index (χ1v) is 7.45.